The van der Waals surface area contributed by atoms with Gasteiger partial charge in [0.15, 0.2) is 0 Å². The third kappa shape index (κ3) is 2.03. The van der Waals surface area contributed by atoms with Crippen molar-refractivity contribution in [1.82, 2.24) is 0 Å². The Morgan fingerprint density at radius 2 is 1.80 bits per heavy atom. The maximum Gasteiger partial charge on any atom is 0.308 e. The number of benzene rings is 3. The van der Waals surface area contributed by atoms with Gasteiger partial charge in [-0.1, -0.05) is 49.4 Å². The van der Waals surface area contributed by atoms with Crippen molar-refractivity contribution >= 4 is 27.5 Å². The average molecular weight is 264 g/mol. The zero-order valence-electron chi connectivity index (χ0n) is 11.6. The first-order valence-electron chi connectivity index (χ1n) is 6.82. The molecule has 0 aromatic heterocycles. The van der Waals surface area contributed by atoms with Gasteiger partial charge < -0.3 is 4.74 Å². The van der Waals surface area contributed by atoms with Crippen LogP contribution < -0.4 is 4.74 Å². The maximum atomic E-state index is 11.5. The van der Waals surface area contributed by atoms with Crippen molar-refractivity contribution in [3.05, 3.63) is 54.1 Å². The van der Waals surface area contributed by atoms with Crippen LogP contribution in [0, 0.1) is 0 Å². The molecule has 3 rings (SSSR count). The molecule has 0 saturated heterocycles. The fourth-order valence-corrected chi connectivity index (χ4v) is 2.69. The minimum absolute atomic E-state index is 0.284. The second-order valence-corrected chi connectivity index (χ2v) is 4.89. The van der Waals surface area contributed by atoms with Gasteiger partial charge in [0.05, 0.1) is 0 Å². The number of hydrogen-bond acceptors (Lipinski definition) is 2. The molecule has 0 saturated carbocycles. The molecule has 0 N–H and O–H groups in total. The van der Waals surface area contributed by atoms with E-state index in [1.807, 2.05) is 30.3 Å². The molecule has 3 aromatic carbocycles. The molecular formula is C18H16O2. The molecule has 0 fully saturated rings. The molecule has 0 aliphatic carbocycles. The number of fused-ring (bicyclic) bond motifs is 2. The van der Waals surface area contributed by atoms with Crippen LogP contribution in [0.2, 0.25) is 0 Å². The van der Waals surface area contributed by atoms with Gasteiger partial charge in [0.1, 0.15) is 5.75 Å². The van der Waals surface area contributed by atoms with Crippen LogP contribution >= 0.6 is 0 Å². The molecule has 2 heteroatoms. The van der Waals surface area contributed by atoms with Gasteiger partial charge in [-0.2, -0.15) is 0 Å². The fraction of sp³-hybridized carbons (Fsp3) is 0.167. The Bertz CT molecular complexity index is 803. The zero-order chi connectivity index (χ0) is 14.1. The summed E-state index contributed by atoms with van der Waals surface area (Å²) in [6, 6.07) is 16.4. The summed E-state index contributed by atoms with van der Waals surface area (Å²) in [5, 5.41) is 4.23. The lowest BCUT2D eigenvalue weighted by molar-refractivity contribution is -0.131. The van der Waals surface area contributed by atoms with Crippen LogP contribution in [0.4, 0.5) is 0 Å². The summed E-state index contributed by atoms with van der Waals surface area (Å²) in [7, 11) is 0. The Morgan fingerprint density at radius 3 is 2.55 bits per heavy atom. The molecule has 100 valence electrons. The van der Waals surface area contributed by atoms with Gasteiger partial charge in [-0.05, 0) is 28.8 Å². The lowest BCUT2D eigenvalue weighted by Crippen LogP contribution is -2.03. The lowest BCUT2D eigenvalue weighted by atomic mass is 9.97. The number of hydrogen-bond donors (Lipinski definition) is 0. The summed E-state index contributed by atoms with van der Waals surface area (Å²) >= 11 is 0. The van der Waals surface area contributed by atoms with Crippen molar-refractivity contribution < 1.29 is 9.53 Å². The summed E-state index contributed by atoms with van der Waals surface area (Å²) in [5.74, 6) is 0.400. The topological polar surface area (TPSA) is 26.3 Å². The third-order valence-electron chi connectivity index (χ3n) is 3.55. The molecule has 0 aliphatic heterocycles. The number of carbonyl (C=O) groups excluding carboxylic acids is 1. The van der Waals surface area contributed by atoms with E-state index in [9.17, 15) is 4.79 Å². The van der Waals surface area contributed by atoms with Gasteiger partial charge in [0, 0.05) is 17.7 Å². The molecule has 0 bridgehead atoms. The third-order valence-corrected chi connectivity index (χ3v) is 3.55. The molecule has 2 nitrogen and oxygen atoms in total. The highest BCUT2D eigenvalue weighted by Gasteiger charge is 2.13. The average Bonchev–Trinajstić information content (AvgIpc) is 2.45. The molecule has 0 atom stereocenters. The molecule has 0 radical (unpaired) electrons. The SMILES string of the molecule is CCc1cccc2cc3ccccc3c(OC(C)=O)c12. The Kier molecular flexibility index (Phi) is 3.15. The number of esters is 1. The van der Waals surface area contributed by atoms with Crippen molar-refractivity contribution in [3.8, 4) is 5.75 Å². The summed E-state index contributed by atoms with van der Waals surface area (Å²) in [5.41, 5.74) is 1.20. The largest absolute Gasteiger partial charge is 0.425 e. The molecule has 0 unspecified atom stereocenters. The van der Waals surface area contributed by atoms with Crippen LogP contribution in [0.1, 0.15) is 19.4 Å². The van der Waals surface area contributed by atoms with E-state index in [-0.39, 0.29) is 5.97 Å². The minimum atomic E-state index is -0.284. The van der Waals surface area contributed by atoms with E-state index >= 15 is 0 Å². The number of ether oxygens (including phenoxy) is 1. The van der Waals surface area contributed by atoms with E-state index in [4.69, 9.17) is 4.74 Å². The predicted octanol–water partition coefficient (Wildman–Crippen LogP) is 4.48. The maximum absolute atomic E-state index is 11.5. The molecule has 0 amide bonds. The highest BCUT2D eigenvalue weighted by atomic mass is 16.5. The van der Waals surface area contributed by atoms with E-state index in [1.54, 1.807) is 0 Å². The van der Waals surface area contributed by atoms with Crippen molar-refractivity contribution in [3.63, 3.8) is 0 Å². The number of rotatable bonds is 2. The Balaban J connectivity index is 2.49. The first-order chi connectivity index (χ1) is 9.70. The van der Waals surface area contributed by atoms with E-state index in [2.05, 4.69) is 25.1 Å². The molecular weight excluding hydrogens is 248 g/mol. The van der Waals surface area contributed by atoms with Crippen molar-refractivity contribution in [1.29, 1.82) is 0 Å². The van der Waals surface area contributed by atoms with Gasteiger partial charge in [-0.25, -0.2) is 0 Å². The van der Waals surface area contributed by atoms with Gasteiger partial charge >= 0.3 is 5.97 Å². The van der Waals surface area contributed by atoms with Gasteiger partial charge in [-0.3, -0.25) is 4.79 Å². The van der Waals surface area contributed by atoms with Crippen LogP contribution in [0.25, 0.3) is 21.5 Å². The van der Waals surface area contributed by atoms with Crippen LogP contribution in [0.3, 0.4) is 0 Å². The smallest absolute Gasteiger partial charge is 0.308 e. The zero-order valence-corrected chi connectivity index (χ0v) is 11.6. The Morgan fingerprint density at radius 1 is 1.05 bits per heavy atom. The van der Waals surface area contributed by atoms with Gasteiger partial charge in [0.2, 0.25) is 0 Å². The van der Waals surface area contributed by atoms with Crippen molar-refractivity contribution in [2.24, 2.45) is 0 Å². The Labute approximate surface area is 118 Å². The molecule has 20 heavy (non-hydrogen) atoms. The fourth-order valence-electron chi connectivity index (χ4n) is 2.69. The van der Waals surface area contributed by atoms with Crippen LogP contribution in [0.5, 0.6) is 5.75 Å². The van der Waals surface area contributed by atoms with Gasteiger partial charge in [-0.15, -0.1) is 0 Å². The summed E-state index contributed by atoms with van der Waals surface area (Å²) in [6.07, 6.45) is 0.907. The van der Waals surface area contributed by atoms with E-state index < -0.39 is 0 Å². The standard InChI is InChI=1S/C18H16O2/c1-3-13-8-6-9-15-11-14-7-4-5-10-16(14)18(17(13)15)20-12(2)19/h4-11H,3H2,1-2H3. The van der Waals surface area contributed by atoms with Crippen LogP contribution in [-0.4, -0.2) is 5.97 Å². The molecule has 3 aromatic rings. The highest BCUT2D eigenvalue weighted by molar-refractivity contribution is 6.07. The molecule has 0 aliphatic rings. The summed E-state index contributed by atoms with van der Waals surface area (Å²) in [4.78, 5) is 11.5. The molecule has 0 heterocycles. The normalized spacial score (nSPS) is 10.9. The molecule has 0 spiro atoms. The van der Waals surface area contributed by atoms with Crippen LogP contribution in [0.15, 0.2) is 48.5 Å². The predicted molar refractivity (Wildman–Crippen MR) is 82.1 cm³/mol. The lowest BCUT2D eigenvalue weighted by Gasteiger charge is -2.13. The second-order valence-electron chi connectivity index (χ2n) is 4.89. The minimum Gasteiger partial charge on any atom is -0.425 e. The summed E-state index contributed by atoms with van der Waals surface area (Å²) in [6.45, 7) is 3.56. The monoisotopic (exact) mass is 264 g/mol. The van der Waals surface area contributed by atoms with Crippen molar-refractivity contribution in [2.75, 3.05) is 0 Å². The summed E-state index contributed by atoms with van der Waals surface area (Å²) < 4.78 is 5.54. The van der Waals surface area contributed by atoms with Crippen molar-refractivity contribution in [2.45, 2.75) is 20.3 Å². The van der Waals surface area contributed by atoms with Gasteiger partial charge in [0.25, 0.3) is 0 Å². The quantitative estimate of drug-likeness (QED) is 0.387. The van der Waals surface area contributed by atoms with E-state index in [0.717, 1.165) is 28.0 Å². The first-order valence-corrected chi connectivity index (χ1v) is 6.82. The first kappa shape index (κ1) is 12.7. The van der Waals surface area contributed by atoms with E-state index in [1.165, 1.54) is 12.5 Å². The second kappa shape index (κ2) is 4.97. The van der Waals surface area contributed by atoms with Crippen LogP contribution in [-0.2, 0) is 11.2 Å². The Hall–Kier alpha value is -2.35. The highest BCUT2D eigenvalue weighted by Crippen LogP contribution is 2.37. The number of aryl methyl sites for hydroxylation is 1. The number of carbonyl (C=O) groups is 1. The van der Waals surface area contributed by atoms with E-state index in [0.29, 0.717) is 5.75 Å².